The molecule has 1 aliphatic carbocycles. The van der Waals surface area contributed by atoms with Crippen LogP contribution in [0.3, 0.4) is 0 Å². The first-order chi connectivity index (χ1) is 18.3. The van der Waals surface area contributed by atoms with E-state index in [-0.39, 0.29) is 34.2 Å². The molecule has 0 heterocycles. The standard InChI is InChI=1S/C27H34F3N3O4S2/c1-17(2)32-21-7-12-24(19(14-21)16-39(36,37)23-10-8-22(38-3)9-11-23)33-25(34)15-31-26(35)18-5-4-6-20(13-18)27(28,29)30/h4-6,8-11,13,17,19,21,24,32H,7,12,14-16H2,1-3H3,(H,31,35)(H,33,34)/t19-,21+,24+/m1/s1. The molecule has 0 spiro atoms. The van der Waals surface area contributed by atoms with Gasteiger partial charge in [-0.1, -0.05) is 19.9 Å². The van der Waals surface area contributed by atoms with Crippen LogP contribution in [-0.2, 0) is 20.8 Å². The van der Waals surface area contributed by atoms with Crippen molar-refractivity contribution in [3.8, 4) is 0 Å². The number of amides is 2. The van der Waals surface area contributed by atoms with Gasteiger partial charge in [-0.15, -0.1) is 11.8 Å². The Morgan fingerprint density at radius 1 is 1.08 bits per heavy atom. The SMILES string of the molecule is CSc1ccc(S(=O)(=O)C[C@H]2C[C@@H](NC(C)C)CC[C@@H]2NC(=O)CNC(=O)c2cccc(C(F)(F)F)c2)cc1. The van der Waals surface area contributed by atoms with Crippen LogP contribution in [0, 0.1) is 5.92 Å². The van der Waals surface area contributed by atoms with E-state index in [1.165, 1.54) is 17.8 Å². The number of halogens is 3. The number of sulfone groups is 1. The molecule has 1 saturated carbocycles. The van der Waals surface area contributed by atoms with Gasteiger partial charge >= 0.3 is 6.18 Å². The van der Waals surface area contributed by atoms with Crippen LogP contribution in [0.25, 0.3) is 0 Å². The second kappa shape index (κ2) is 13.2. The lowest BCUT2D eigenvalue weighted by Gasteiger charge is -2.37. The average Bonchev–Trinajstić information content (AvgIpc) is 2.88. The van der Waals surface area contributed by atoms with Crippen molar-refractivity contribution in [2.24, 2.45) is 5.92 Å². The van der Waals surface area contributed by atoms with E-state index in [0.717, 1.165) is 29.5 Å². The molecule has 0 radical (unpaired) electrons. The Kier molecular flexibility index (Phi) is 10.5. The summed E-state index contributed by atoms with van der Waals surface area (Å²) >= 11 is 1.51. The minimum absolute atomic E-state index is 0.0952. The Hall–Kier alpha value is -2.57. The van der Waals surface area contributed by atoms with Gasteiger partial charge in [0.05, 0.1) is 22.8 Å². The normalized spacial score (nSPS) is 20.0. The quantitative estimate of drug-likeness (QED) is 0.360. The van der Waals surface area contributed by atoms with E-state index in [1.807, 2.05) is 20.1 Å². The smallest absolute Gasteiger partial charge is 0.352 e. The first-order valence-corrected chi connectivity index (χ1v) is 15.5. The van der Waals surface area contributed by atoms with Crippen LogP contribution >= 0.6 is 11.8 Å². The number of hydrogen-bond acceptors (Lipinski definition) is 6. The molecule has 0 saturated heterocycles. The maximum Gasteiger partial charge on any atom is 0.416 e. The summed E-state index contributed by atoms with van der Waals surface area (Å²) in [5.41, 5.74) is -1.17. The van der Waals surface area contributed by atoms with Gasteiger partial charge < -0.3 is 16.0 Å². The zero-order chi connectivity index (χ0) is 28.8. The molecule has 0 aliphatic heterocycles. The lowest BCUT2D eigenvalue weighted by molar-refractivity contribution is -0.137. The van der Waals surface area contributed by atoms with E-state index < -0.39 is 46.0 Å². The molecule has 3 atom stereocenters. The number of nitrogens with one attached hydrogen (secondary N) is 3. The monoisotopic (exact) mass is 585 g/mol. The molecule has 2 amide bonds. The molecule has 1 fully saturated rings. The average molecular weight is 586 g/mol. The van der Waals surface area contributed by atoms with Gasteiger partial charge in [-0.2, -0.15) is 13.2 Å². The Labute approximate surface area is 231 Å². The van der Waals surface area contributed by atoms with E-state index >= 15 is 0 Å². The molecule has 3 N–H and O–H groups in total. The summed E-state index contributed by atoms with van der Waals surface area (Å²) in [5.74, 6) is -1.87. The highest BCUT2D eigenvalue weighted by atomic mass is 32.2. The van der Waals surface area contributed by atoms with E-state index in [2.05, 4.69) is 16.0 Å². The molecule has 2 aromatic carbocycles. The van der Waals surface area contributed by atoms with Crippen LogP contribution in [-0.4, -0.2) is 56.9 Å². The van der Waals surface area contributed by atoms with Gasteiger partial charge in [0.1, 0.15) is 0 Å². The summed E-state index contributed by atoms with van der Waals surface area (Å²) in [4.78, 5) is 26.3. The Morgan fingerprint density at radius 2 is 1.77 bits per heavy atom. The minimum Gasteiger partial charge on any atom is -0.352 e. The number of carbonyl (C=O) groups excluding carboxylic acids is 2. The highest BCUT2D eigenvalue weighted by Crippen LogP contribution is 2.30. The molecular formula is C27H34F3N3O4S2. The van der Waals surface area contributed by atoms with Gasteiger partial charge in [-0.25, -0.2) is 8.42 Å². The van der Waals surface area contributed by atoms with Crippen molar-refractivity contribution in [1.29, 1.82) is 0 Å². The van der Waals surface area contributed by atoms with Crippen LogP contribution < -0.4 is 16.0 Å². The molecule has 0 aromatic heterocycles. The summed E-state index contributed by atoms with van der Waals surface area (Å²) in [6.07, 6.45) is -0.865. The van der Waals surface area contributed by atoms with Crippen molar-refractivity contribution < 1.29 is 31.2 Å². The van der Waals surface area contributed by atoms with Crippen molar-refractivity contribution >= 4 is 33.4 Å². The van der Waals surface area contributed by atoms with Gasteiger partial charge in [0.2, 0.25) is 5.91 Å². The van der Waals surface area contributed by atoms with Gasteiger partial charge in [0.15, 0.2) is 9.84 Å². The van der Waals surface area contributed by atoms with E-state index in [1.54, 1.807) is 24.3 Å². The van der Waals surface area contributed by atoms with Crippen molar-refractivity contribution in [3.63, 3.8) is 0 Å². The number of alkyl halides is 3. The van der Waals surface area contributed by atoms with Crippen LogP contribution in [0.15, 0.2) is 58.3 Å². The number of hydrogen-bond donors (Lipinski definition) is 3. The lowest BCUT2D eigenvalue weighted by Crippen LogP contribution is -2.52. The second-order valence-electron chi connectivity index (χ2n) is 9.98. The van der Waals surface area contributed by atoms with Crippen molar-refractivity contribution in [3.05, 3.63) is 59.7 Å². The van der Waals surface area contributed by atoms with Crippen LogP contribution in [0.2, 0.25) is 0 Å². The Bertz CT molecular complexity index is 1250. The van der Waals surface area contributed by atoms with Crippen molar-refractivity contribution in [2.45, 2.75) is 67.2 Å². The second-order valence-corrected chi connectivity index (χ2v) is 12.9. The topological polar surface area (TPSA) is 104 Å². The largest absolute Gasteiger partial charge is 0.416 e. The van der Waals surface area contributed by atoms with Crippen LogP contribution in [0.5, 0.6) is 0 Å². The molecule has 12 heteroatoms. The molecule has 0 unspecified atom stereocenters. The summed E-state index contributed by atoms with van der Waals surface area (Å²) in [5, 5.41) is 8.65. The molecule has 7 nitrogen and oxygen atoms in total. The summed E-state index contributed by atoms with van der Waals surface area (Å²) in [7, 11) is -3.63. The minimum atomic E-state index is -4.59. The summed E-state index contributed by atoms with van der Waals surface area (Å²) in [6, 6.07) is 10.5. The Morgan fingerprint density at radius 3 is 2.38 bits per heavy atom. The molecule has 2 aromatic rings. The predicted octanol–water partition coefficient (Wildman–Crippen LogP) is 4.28. The maximum atomic E-state index is 13.3. The number of benzene rings is 2. The third kappa shape index (κ3) is 8.97. The first-order valence-electron chi connectivity index (χ1n) is 12.7. The molecule has 3 rings (SSSR count). The maximum absolute atomic E-state index is 13.3. The van der Waals surface area contributed by atoms with E-state index in [4.69, 9.17) is 0 Å². The van der Waals surface area contributed by atoms with Crippen LogP contribution in [0.4, 0.5) is 13.2 Å². The van der Waals surface area contributed by atoms with Gasteiger partial charge in [-0.3, -0.25) is 9.59 Å². The fourth-order valence-corrected chi connectivity index (χ4v) is 6.86. The number of carbonyl (C=O) groups is 2. The first kappa shape index (κ1) is 31.0. The summed E-state index contributed by atoms with van der Waals surface area (Å²) < 4.78 is 65.4. The van der Waals surface area contributed by atoms with Gasteiger partial charge in [-0.05, 0) is 73.9 Å². The third-order valence-corrected chi connectivity index (χ3v) is 9.21. The molecule has 214 valence electrons. The fourth-order valence-electron chi connectivity index (χ4n) is 4.78. The predicted molar refractivity (Wildman–Crippen MR) is 145 cm³/mol. The van der Waals surface area contributed by atoms with E-state index in [0.29, 0.717) is 12.8 Å². The molecule has 1 aliphatic rings. The summed E-state index contributed by atoms with van der Waals surface area (Å²) in [6.45, 7) is 3.58. The van der Waals surface area contributed by atoms with Gasteiger partial charge in [0.25, 0.3) is 5.91 Å². The number of rotatable bonds is 10. The highest BCUT2D eigenvalue weighted by molar-refractivity contribution is 7.98. The zero-order valence-electron chi connectivity index (χ0n) is 22.0. The number of thioether (sulfide) groups is 1. The zero-order valence-corrected chi connectivity index (χ0v) is 23.7. The Balaban J connectivity index is 1.67. The third-order valence-electron chi connectivity index (χ3n) is 6.61. The van der Waals surface area contributed by atoms with Crippen molar-refractivity contribution in [2.75, 3.05) is 18.6 Å². The van der Waals surface area contributed by atoms with Crippen molar-refractivity contribution in [1.82, 2.24) is 16.0 Å². The lowest BCUT2D eigenvalue weighted by atomic mass is 9.82. The molecule has 0 bridgehead atoms. The fraction of sp³-hybridized carbons (Fsp3) is 0.481. The highest BCUT2D eigenvalue weighted by Gasteiger charge is 2.35. The van der Waals surface area contributed by atoms with E-state index in [9.17, 15) is 31.2 Å². The van der Waals surface area contributed by atoms with Gasteiger partial charge in [0, 0.05) is 28.6 Å². The molecular weight excluding hydrogens is 551 g/mol. The van der Waals surface area contributed by atoms with Crippen LogP contribution in [0.1, 0.15) is 49.0 Å². The molecule has 39 heavy (non-hydrogen) atoms.